The summed E-state index contributed by atoms with van der Waals surface area (Å²) in [7, 11) is 0. The van der Waals surface area contributed by atoms with Crippen LogP contribution in [0, 0.1) is 0 Å². The Morgan fingerprint density at radius 2 is 1.88 bits per heavy atom. The summed E-state index contributed by atoms with van der Waals surface area (Å²) in [4.78, 5) is 27.2. The molecule has 0 bridgehead atoms. The number of benzene rings is 2. The average Bonchev–Trinajstić information content (AvgIpc) is 2.62. The van der Waals surface area contributed by atoms with E-state index in [0.29, 0.717) is 23.0 Å². The molecule has 0 saturated heterocycles. The second kappa shape index (κ2) is 6.76. The normalized spacial score (nSPS) is 19.2. The molecule has 3 rings (SSSR count). The van der Waals surface area contributed by atoms with Crippen molar-refractivity contribution in [3.05, 3.63) is 59.1 Å². The van der Waals surface area contributed by atoms with Crippen molar-refractivity contribution < 1.29 is 14.3 Å². The van der Waals surface area contributed by atoms with E-state index in [1.54, 1.807) is 23.1 Å². The molecule has 0 spiro atoms. The summed E-state index contributed by atoms with van der Waals surface area (Å²) in [5, 5.41) is 3.32. The minimum atomic E-state index is -1.62. The summed E-state index contributed by atoms with van der Waals surface area (Å²) in [6, 6.07) is 14.4. The van der Waals surface area contributed by atoms with Crippen molar-refractivity contribution >= 4 is 29.1 Å². The molecule has 6 heteroatoms. The summed E-state index contributed by atoms with van der Waals surface area (Å²) < 4.78 is 5.81. The minimum Gasteiger partial charge on any atom is -0.466 e. The van der Waals surface area contributed by atoms with Crippen molar-refractivity contribution in [3.8, 4) is 5.75 Å². The van der Waals surface area contributed by atoms with Crippen LogP contribution in [-0.4, -0.2) is 24.0 Å². The second-order valence-corrected chi connectivity index (χ2v) is 6.33. The molecule has 0 saturated carbocycles. The highest BCUT2D eigenvalue weighted by atomic mass is 35.5. The van der Waals surface area contributed by atoms with Gasteiger partial charge < -0.3 is 15.0 Å². The van der Waals surface area contributed by atoms with Crippen molar-refractivity contribution in [1.82, 2.24) is 5.32 Å². The van der Waals surface area contributed by atoms with E-state index < -0.39 is 11.5 Å². The van der Waals surface area contributed by atoms with E-state index in [0.717, 1.165) is 5.56 Å². The van der Waals surface area contributed by atoms with Crippen molar-refractivity contribution in [2.24, 2.45) is 0 Å². The molecule has 1 unspecified atom stereocenters. The Hall–Kier alpha value is -2.53. The van der Waals surface area contributed by atoms with E-state index in [2.05, 4.69) is 5.32 Å². The number of amides is 2. The maximum Gasteiger partial charge on any atom is 0.280 e. The van der Waals surface area contributed by atoms with E-state index in [4.69, 9.17) is 16.3 Å². The molecule has 0 aromatic heterocycles. The van der Waals surface area contributed by atoms with Gasteiger partial charge >= 0.3 is 0 Å². The first kappa shape index (κ1) is 17.3. The fourth-order valence-electron chi connectivity index (χ4n) is 2.84. The minimum absolute atomic E-state index is 0.221. The highest BCUT2D eigenvalue weighted by molar-refractivity contribution is 6.31. The van der Waals surface area contributed by atoms with E-state index in [1.807, 2.05) is 37.3 Å². The first-order valence-corrected chi connectivity index (χ1v) is 8.47. The molecule has 2 amide bonds. The lowest BCUT2D eigenvalue weighted by atomic mass is 9.99. The lowest BCUT2D eigenvalue weighted by Crippen LogP contribution is -2.62. The first-order chi connectivity index (χ1) is 12.0. The van der Waals surface area contributed by atoms with Crippen LogP contribution in [0.1, 0.15) is 19.4 Å². The SMILES string of the molecule is CCN1C(=O)C(C)(C(=O)NCc2ccccc2Cl)Oc2ccccc21. The first-order valence-electron chi connectivity index (χ1n) is 8.09. The van der Waals surface area contributed by atoms with Gasteiger partial charge in [-0.1, -0.05) is 41.9 Å². The maximum absolute atomic E-state index is 12.9. The third-order valence-electron chi connectivity index (χ3n) is 4.27. The summed E-state index contributed by atoms with van der Waals surface area (Å²) in [5.74, 6) is -0.366. The monoisotopic (exact) mass is 358 g/mol. The largest absolute Gasteiger partial charge is 0.466 e. The zero-order chi connectivity index (χ0) is 18.0. The molecular weight excluding hydrogens is 340 g/mol. The number of para-hydroxylation sites is 2. The Labute approximate surface area is 151 Å². The predicted molar refractivity (Wildman–Crippen MR) is 96.8 cm³/mol. The number of ether oxygens (including phenoxy) is 1. The quantitative estimate of drug-likeness (QED) is 0.854. The van der Waals surface area contributed by atoms with E-state index >= 15 is 0 Å². The number of carbonyl (C=O) groups is 2. The van der Waals surface area contributed by atoms with Crippen LogP contribution in [-0.2, 0) is 16.1 Å². The lowest BCUT2D eigenvalue weighted by molar-refractivity contribution is -0.148. The van der Waals surface area contributed by atoms with Gasteiger partial charge in [0.25, 0.3) is 17.4 Å². The van der Waals surface area contributed by atoms with Crippen LogP contribution in [0.4, 0.5) is 5.69 Å². The standard InChI is InChI=1S/C19H19ClN2O3/c1-3-22-15-10-6-7-11-16(15)25-19(2,18(22)24)17(23)21-12-13-8-4-5-9-14(13)20/h4-11H,3,12H2,1-2H3,(H,21,23). The van der Waals surface area contributed by atoms with Gasteiger partial charge in [0.1, 0.15) is 5.75 Å². The van der Waals surface area contributed by atoms with Crippen LogP contribution in [0.2, 0.25) is 5.02 Å². The van der Waals surface area contributed by atoms with Crippen molar-refractivity contribution in [2.75, 3.05) is 11.4 Å². The fraction of sp³-hybridized carbons (Fsp3) is 0.263. The molecule has 25 heavy (non-hydrogen) atoms. The molecule has 2 aromatic rings. The van der Waals surface area contributed by atoms with E-state index in [9.17, 15) is 9.59 Å². The van der Waals surface area contributed by atoms with Gasteiger partial charge in [0.15, 0.2) is 0 Å². The number of rotatable bonds is 4. The Bertz CT molecular complexity index is 824. The molecule has 1 aliphatic heterocycles. The number of carbonyl (C=O) groups excluding carboxylic acids is 2. The fourth-order valence-corrected chi connectivity index (χ4v) is 3.04. The number of halogens is 1. The van der Waals surface area contributed by atoms with Gasteiger partial charge in [-0.05, 0) is 37.6 Å². The van der Waals surface area contributed by atoms with Gasteiger partial charge in [-0.3, -0.25) is 9.59 Å². The summed E-state index contributed by atoms with van der Waals surface area (Å²) >= 11 is 6.11. The number of nitrogens with zero attached hydrogens (tertiary/aromatic N) is 1. The van der Waals surface area contributed by atoms with Crippen LogP contribution in [0.15, 0.2) is 48.5 Å². The molecular formula is C19H19ClN2O3. The molecule has 0 aliphatic carbocycles. The van der Waals surface area contributed by atoms with Crippen LogP contribution in [0.25, 0.3) is 0 Å². The number of nitrogens with one attached hydrogen (secondary N) is 1. The second-order valence-electron chi connectivity index (χ2n) is 5.93. The van der Waals surface area contributed by atoms with Crippen molar-refractivity contribution in [3.63, 3.8) is 0 Å². The average molecular weight is 359 g/mol. The molecule has 0 fully saturated rings. The Morgan fingerprint density at radius 1 is 1.20 bits per heavy atom. The number of fused-ring (bicyclic) bond motifs is 1. The molecule has 1 aliphatic rings. The number of anilines is 1. The summed E-state index contributed by atoms with van der Waals surface area (Å²) in [6.45, 7) is 4.03. The molecule has 2 aromatic carbocycles. The number of hydrogen-bond acceptors (Lipinski definition) is 3. The highest BCUT2D eigenvalue weighted by Crippen LogP contribution is 2.37. The van der Waals surface area contributed by atoms with Crippen molar-refractivity contribution in [2.45, 2.75) is 26.0 Å². The van der Waals surface area contributed by atoms with Crippen molar-refractivity contribution in [1.29, 1.82) is 0 Å². The van der Waals surface area contributed by atoms with Gasteiger partial charge in [-0.15, -0.1) is 0 Å². The van der Waals surface area contributed by atoms with Gasteiger partial charge in [0.2, 0.25) is 0 Å². The molecule has 5 nitrogen and oxygen atoms in total. The third kappa shape index (κ3) is 3.07. The van der Waals surface area contributed by atoms with Crippen LogP contribution in [0.5, 0.6) is 5.75 Å². The number of likely N-dealkylation sites (N-methyl/N-ethyl adjacent to an activating group) is 1. The predicted octanol–water partition coefficient (Wildman–Crippen LogP) is 3.16. The van der Waals surface area contributed by atoms with E-state index in [1.165, 1.54) is 6.92 Å². The molecule has 0 radical (unpaired) electrons. The molecule has 1 atom stereocenters. The van der Waals surface area contributed by atoms with Gasteiger partial charge in [-0.2, -0.15) is 0 Å². The summed E-state index contributed by atoms with van der Waals surface area (Å²) in [5.41, 5.74) is -0.172. The third-order valence-corrected chi connectivity index (χ3v) is 4.64. The van der Waals surface area contributed by atoms with Crippen LogP contribution < -0.4 is 15.0 Å². The van der Waals surface area contributed by atoms with Gasteiger partial charge in [-0.25, -0.2) is 0 Å². The topological polar surface area (TPSA) is 58.6 Å². The van der Waals surface area contributed by atoms with Crippen LogP contribution in [0.3, 0.4) is 0 Å². The Morgan fingerprint density at radius 3 is 2.60 bits per heavy atom. The number of hydrogen-bond donors (Lipinski definition) is 1. The highest BCUT2D eigenvalue weighted by Gasteiger charge is 2.50. The van der Waals surface area contributed by atoms with Gasteiger partial charge in [0.05, 0.1) is 5.69 Å². The zero-order valence-corrected chi connectivity index (χ0v) is 14.8. The molecule has 130 valence electrons. The zero-order valence-electron chi connectivity index (χ0n) is 14.1. The van der Waals surface area contributed by atoms with Crippen LogP contribution >= 0.6 is 11.6 Å². The Balaban J connectivity index is 1.84. The van der Waals surface area contributed by atoms with Gasteiger partial charge in [0, 0.05) is 18.1 Å². The lowest BCUT2D eigenvalue weighted by Gasteiger charge is -2.39. The smallest absolute Gasteiger partial charge is 0.280 e. The summed E-state index contributed by atoms with van der Waals surface area (Å²) in [6.07, 6.45) is 0. The Kier molecular flexibility index (Phi) is 4.68. The molecule has 1 heterocycles. The van der Waals surface area contributed by atoms with E-state index in [-0.39, 0.29) is 12.5 Å². The maximum atomic E-state index is 12.9. The molecule has 1 N–H and O–H groups in total.